The Hall–Kier alpha value is -2.99. The summed E-state index contributed by atoms with van der Waals surface area (Å²) in [7, 11) is 0. The maximum Gasteiger partial charge on any atom is 0.341 e. The van der Waals surface area contributed by atoms with Crippen LogP contribution in [0.2, 0.25) is 5.02 Å². The van der Waals surface area contributed by atoms with Crippen molar-refractivity contribution in [3.63, 3.8) is 0 Å². The van der Waals surface area contributed by atoms with Gasteiger partial charge in [0.2, 0.25) is 0 Å². The van der Waals surface area contributed by atoms with Crippen LogP contribution in [0.3, 0.4) is 0 Å². The predicted octanol–water partition coefficient (Wildman–Crippen LogP) is 8.77. The quantitative estimate of drug-likeness (QED) is 0.201. The average Bonchev–Trinajstić information content (AvgIpc) is 2.87. The van der Waals surface area contributed by atoms with E-state index in [4.69, 9.17) is 21.4 Å². The predicted molar refractivity (Wildman–Crippen MR) is 153 cm³/mol. The van der Waals surface area contributed by atoms with Crippen molar-refractivity contribution in [3.8, 4) is 16.9 Å². The highest BCUT2D eigenvalue weighted by Gasteiger charge is 2.08. The molecule has 0 heterocycles. The summed E-state index contributed by atoms with van der Waals surface area (Å²) in [6.07, 6.45) is 2.25. The SMILES string of the molecule is Cc1cc(SC/C=C(\c2ccc(Br)cc2)c2ccc(-c3ccc(Cl)cc3)cc2)ccc1OCC(=O)O. The standard InChI is InChI=1S/C30H24BrClO3S/c1-20-18-27(14-15-29(20)35-19-30(33)34)36-17-16-28(24-6-10-25(31)11-7-24)23-4-2-21(3-5-23)22-8-12-26(32)13-9-22/h2-16,18H,17,19H2,1H3,(H,33,34)/b28-16-. The van der Waals surface area contributed by atoms with E-state index in [0.717, 1.165) is 53.5 Å². The minimum absolute atomic E-state index is 0.344. The minimum atomic E-state index is -0.986. The van der Waals surface area contributed by atoms with Gasteiger partial charge in [0.25, 0.3) is 0 Å². The highest BCUT2D eigenvalue weighted by molar-refractivity contribution is 9.10. The molecule has 0 spiro atoms. The Morgan fingerprint density at radius 3 is 2.08 bits per heavy atom. The maximum atomic E-state index is 10.8. The number of carboxylic acids is 1. The van der Waals surface area contributed by atoms with Crippen LogP contribution in [0.4, 0.5) is 0 Å². The lowest BCUT2D eigenvalue weighted by molar-refractivity contribution is -0.139. The molecule has 0 bridgehead atoms. The molecule has 0 saturated heterocycles. The molecule has 0 amide bonds. The van der Waals surface area contributed by atoms with E-state index < -0.39 is 5.97 Å². The van der Waals surface area contributed by atoms with Crippen molar-refractivity contribution < 1.29 is 14.6 Å². The number of ether oxygens (including phenoxy) is 1. The fourth-order valence-corrected chi connectivity index (χ4v) is 5.01. The van der Waals surface area contributed by atoms with Crippen molar-refractivity contribution in [2.45, 2.75) is 11.8 Å². The molecule has 0 radical (unpaired) electrons. The van der Waals surface area contributed by atoms with E-state index in [1.807, 2.05) is 49.4 Å². The van der Waals surface area contributed by atoms with E-state index in [-0.39, 0.29) is 6.61 Å². The second-order valence-corrected chi connectivity index (χ2v) is 10.6. The van der Waals surface area contributed by atoms with Gasteiger partial charge in [-0.15, -0.1) is 11.8 Å². The molecule has 182 valence electrons. The molecule has 36 heavy (non-hydrogen) atoms. The summed E-state index contributed by atoms with van der Waals surface area (Å²) in [5.74, 6) is 0.382. The Kier molecular flexibility index (Phi) is 8.92. The van der Waals surface area contributed by atoms with Gasteiger partial charge in [0.15, 0.2) is 6.61 Å². The highest BCUT2D eigenvalue weighted by Crippen LogP contribution is 2.31. The first-order valence-corrected chi connectivity index (χ1v) is 13.5. The number of hydrogen-bond acceptors (Lipinski definition) is 3. The van der Waals surface area contributed by atoms with Crippen LogP contribution in [0.5, 0.6) is 5.75 Å². The summed E-state index contributed by atoms with van der Waals surface area (Å²) in [6, 6.07) is 30.6. The second kappa shape index (κ2) is 12.3. The molecule has 4 aromatic carbocycles. The molecule has 0 saturated carbocycles. The van der Waals surface area contributed by atoms with Crippen LogP contribution in [-0.2, 0) is 4.79 Å². The van der Waals surface area contributed by atoms with Crippen molar-refractivity contribution in [1.82, 2.24) is 0 Å². The fraction of sp³-hybridized carbons (Fsp3) is 0.100. The van der Waals surface area contributed by atoms with Crippen LogP contribution >= 0.6 is 39.3 Å². The lowest BCUT2D eigenvalue weighted by atomic mass is 9.95. The molecular formula is C30H24BrClO3S. The Bertz CT molecular complexity index is 1370. The lowest BCUT2D eigenvalue weighted by Gasteiger charge is -2.11. The number of aliphatic carboxylic acids is 1. The van der Waals surface area contributed by atoms with Crippen LogP contribution in [0.25, 0.3) is 16.7 Å². The number of hydrogen-bond donors (Lipinski definition) is 1. The molecule has 0 aromatic heterocycles. The van der Waals surface area contributed by atoms with Gasteiger partial charge in [-0.3, -0.25) is 0 Å². The molecule has 3 nitrogen and oxygen atoms in total. The molecule has 0 atom stereocenters. The molecule has 4 aromatic rings. The second-order valence-electron chi connectivity index (χ2n) is 8.13. The lowest BCUT2D eigenvalue weighted by Crippen LogP contribution is -2.09. The fourth-order valence-electron chi connectivity index (χ4n) is 3.75. The van der Waals surface area contributed by atoms with Gasteiger partial charge in [0.05, 0.1) is 0 Å². The highest BCUT2D eigenvalue weighted by atomic mass is 79.9. The first kappa shape index (κ1) is 26.1. The van der Waals surface area contributed by atoms with E-state index in [2.05, 4.69) is 70.5 Å². The maximum absolute atomic E-state index is 10.8. The zero-order valence-electron chi connectivity index (χ0n) is 19.6. The first-order chi connectivity index (χ1) is 17.4. The molecule has 0 aliphatic rings. The summed E-state index contributed by atoms with van der Waals surface area (Å²) in [5, 5.41) is 9.56. The van der Waals surface area contributed by atoms with Crippen LogP contribution in [0, 0.1) is 6.92 Å². The van der Waals surface area contributed by atoms with Gasteiger partial charge < -0.3 is 9.84 Å². The van der Waals surface area contributed by atoms with Crippen molar-refractivity contribution in [1.29, 1.82) is 0 Å². The van der Waals surface area contributed by atoms with Crippen molar-refractivity contribution in [2.75, 3.05) is 12.4 Å². The monoisotopic (exact) mass is 578 g/mol. The zero-order valence-corrected chi connectivity index (χ0v) is 22.7. The van der Waals surface area contributed by atoms with Crippen molar-refractivity contribution in [3.05, 3.63) is 123 Å². The third kappa shape index (κ3) is 7.03. The van der Waals surface area contributed by atoms with E-state index in [1.54, 1.807) is 11.8 Å². The number of halogens is 2. The van der Waals surface area contributed by atoms with Gasteiger partial charge in [-0.25, -0.2) is 4.79 Å². The summed E-state index contributed by atoms with van der Waals surface area (Å²) < 4.78 is 6.38. The molecule has 0 unspecified atom stereocenters. The number of carboxylic acid groups (broad SMARTS) is 1. The molecule has 1 N–H and O–H groups in total. The van der Waals surface area contributed by atoms with E-state index in [9.17, 15) is 4.79 Å². The minimum Gasteiger partial charge on any atom is -0.482 e. The van der Waals surface area contributed by atoms with E-state index >= 15 is 0 Å². The third-order valence-electron chi connectivity index (χ3n) is 5.56. The van der Waals surface area contributed by atoms with Crippen LogP contribution in [-0.4, -0.2) is 23.4 Å². The largest absolute Gasteiger partial charge is 0.482 e. The Morgan fingerprint density at radius 1 is 0.917 bits per heavy atom. The summed E-state index contributed by atoms with van der Waals surface area (Å²) >= 11 is 11.3. The average molecular weight is 580 g/mol. The summed E-state index contributed by atoms with van der Waals surface area (Å²) in [5.41, 5.74) is 6.63. The molecular weight excluding hydrogens is 556 g/mol. The van der Waals surface area contributed by atoms with E-state index in [0.29, 0.717) is 5.75 Å². The van der Waals surface area contributed by atoms with E-state index in [1.165, 1.54) is 0 Å². The first-order valence-electron chi connectivity index (χ1n) is 11.3. The Labute approximate surface area is 228 Å². The van der Waals surface area contributed by atoms with Crippen molar-refractivity contribution >= 4 is 50.8 Å². The van der Waals surface area contributed by atoms with Crippen LogP contribution in [0.1, 0.15) is 16.7 Å². The molecule has 0 aliphatic heterocycles. The molecule has 6 heteroatoms. The zero-order chi connectivity index (χ0) is 25.5. The van der Waals surface area contributed by atoms with Gasteiger partial charge in [0, 0.05) is 20.1 Å². The van der Waals surface area contributed by atoms with Gasteiger partial charge in [-0.2, -0.15) is 0 Å². The topological polar surface area (TPSA) is 46.5 Å². The van der Waals surface area contributed by atoms with Crippen molar-refractivity contribution in [2.24, 2.45) is 0 Å². The third-order valence-corrected chi connectivity index (χ3v) is 7.26. The van der Waals surface area contributed by atoms with Gasteiger partial charge in [0.1, 0.15) is 5.75 Å². The molecule has 0 aliphatic carbocycles. The Balaban J connectivity index is 1.55. The van der Waals surface area contributed by atoms with Crippen LogP contribution < -0.4 is 4.74 Å². The Morgan fingerprint density at radius 2 is 1.50 bits per heavy atom. The van der Waals surface area contributed by atoms with Gasteiger partial charge in [-0.05, 0) is 82.8 Å². The van der Waals surface area contributed by atoms with Crippen LogP contribution in [0.15, 0.2) is 106 Å². The number of thioether (sulfide) groups is 1. The number of aryl methyl sites for hydroxylation is 1. The molecule has 0 fully saturated rings. The van der Waals surface area contributed by atoms with Gasteiger partial charge in [-0.1, -0.05) is 82.1 Å². The smallest absolute Gasteiger partial charge is 0.341 e. The summed E-state index contributed by atoms with van der Waals surface area (Å²) in [4.78, 5) is 11.9. The normalized spacial score (nSPS) is 11.4. The van der Waals surface area contributed by atoms with Gasteiger partial charge >= 0.3 is 5.97 Å². The summed E-state index contributed by atoms with van der Waals surface area (Å²) in [6.45, 7) is 1.58. The number of rotatable bonds is 9. The number of carbonyl (C=O) groups is 1. The number of benzene rings is 4. The molecule has 4 rings (SSSR count).